The van der Waals surface area contributed by atoms with Gasteiger partial charge in [-0.1, -0.05) is 18.9 Å². The van der Waals surface area contributed by atoms with Crippen molar-refractivity contribution in [3.05, 3.63) is 29.3 Å². The second kappa shape index (κ2) is 6.17. The third kappa shape index (κ3) is 3.17. The molecule has 1 aromatic rings. The number of anilines is 1. The molecule has 1 atom stereocenters. The highest BCUT2D eigenvalue weighted by molar-refractivity contribution is 5.48. The molecule has 0 bridgehead atoms. The predicted molar refractivity (Wildman–Crippen MR) is 86.4 cm³/mol. The Morgan fingerprint density at radius 3 is 2.55 bits per heavy atom. The molecule has 1 aromatic carbocycles. The lowest BCUT2D eigenvalue weighted by Crippen LogP contribution is -2.46. The van der Waals surface area contributed by atoms with E-state index < -0.39 is 0 Å². The van der Waals surface area contributed by atoms with E-state index in [4.69, 9.17) is 0 Å². The SMILES string of the molecule is Cc1ccc(N[C@@H]2CCCN(C3CCCC3)C2)cc1C. The zero-order valence-electron chi connectivity index (χ0n) is 13.0. The van der Waals surface area contributed by atoms with Gasteiger partial charge in [-0.05, 0) is 69.3 Å². The third-order valence-corrected chi connectivity index (χ3v) is 5.17. The highest BCUT2D eigenvalue weighted by atomic mass is 15.2. The van der Waals surface area contributed by atoms with Gasteiger partial charge in [0.2, 0.25) is 0 Å². The molecule has 2 aliphatic rings. The van der Waals surface area contributed by atoms with E-state index in [-0.39, 0.29) is 0 Å². The Balaban J connectivity index is 1.60. The minimum atomic E-state index is 0.631. The van der Waals surface area contributed by atoms with Crippen LogP contribution in [-0.2, 0) is 0 Å². The van der Waals surface area contributed by atoms with Crippen molar-refractivity contribution in [2.45, 2.75) is 64.5 Å². The van der Waals surface area contributed by atoms with Gasteiger partial charge in [-0.3, -0.25) is 4.90 Å². The Hall–Kier alpha value is -1.02. The zero-order valence-corrected chi connectivity index (χ0v) is 13.0. The molecule has 0 spiro atoms. The molecule has 20 heavy (non-hydrogen) atoms. The fourth-order valence-corrected chi connectivity index (χ4v) is 3.79. The number of likely N-dealkylation sites (tertiary alicyclic amines) is 1. The van der Waals surface area contributed by atoms with Crippen LogP contribution in [0.4, 0.5) is 5.69 Å². The molecule has 2 nitrogen and oxygen atoms in total. The molecule has 2 fully saturated rings. The molecule has 0 unspecified atom stereocenters. The minimum Gasteiger partial charge on any atom is -0.381 e. The first kappa shape index (κ1) is 13.9. The van der Waals surface area contributed by atoms with Crippen LogP contribution in [0, 0.1) is 13.8 Å². The Kier molecular flexibility index (Phi) is 4.30. The molecular weight excluding hydrogens is 244 g/mol. The van der Waals surface area contributed by atoms with Crippen molar-refractivity contribution in [2.24, 2.45) is 0 Å². The predicted octanol–water partition coefficient (Wildman–Crippen LogP) is 4.12. The monoisotopic (exact) mass is 272 g/mol. The fraction of sp³-hybridized carbons (Fsp3) is 0.667. The molecule has 1 saturated heterocycles. The van der Waals surface area contributed by atoms with Gasteiger partial charge in [-0.25, -0.2) is 0 Å². The van der Waals surface area contributed by atoms with E-state index in [0.29, 0.717) is 6.04 Å². The molecule has 0 radical (unpaired) electrons. The average Bonchev–Trinajstić information content (AvgIpc) is 2.97. The number of aryl methyl sites for hydroxylation is 2. The molecule has 1 N–H and O–H groups in total. The molecule has 1 aliphatic heterocycles. The lowest BCUT2D eigenvalue weighted by atomic mass is 10.0. The van der Waals surface area contributed by atoms with E-state index >= 15 is 0 Å². The molecule has 110 valence electrons. The topological polar surface area (TPSA) is 15.3 Å². The number of piperidine rings is 1. The van der Waals surface area contributed by atoms with Crippen LogP contribution in [0.3, 0.4) is 0 Å². The lowest BCUT2D eigenvalue weighted by Gasteiger charge is -2.37. The maximum Gasteiger partial charge on any atom is 0.0389 e. The summed E-state index contributed by atoms with van der Waals surface area (Å²) in [5.74, 6) is 0. The molecule has 2 heteroatoms. The Labute approximate surface area is 123 Å². The number of hydrogen-bond donors (Lipinski definition) is 1. The van der Waals surface area contributed by atoms with Crippen molar-refractivity contribution in [3.63, 3.8) is 0 Å². The maximum atomic E-state index is 3.76. The highest BCUT2D eigenvalue weighted by Gasteiger charge is 2.27. The van der Waals surface area contributed by atoms with E-state index in [0.717, 1.165) is 6.04 Å². The van der Waals surface area contributed by atoms with E-state index in [2.05, 4.69) is 42.3 Å². The normalized spacial score (nSPS) is 25.0. The van der Waals surface area contributed by atoms with Crippen LogP contribution in [0.2, 0.25) is 0 Å². The first-order valence-corrected chi connectivity index (χ1v) is 8.30. The van der Waals surface area contributed by atoms with Crippen molar-refractivity contribution in [1.82, 2.24) is 4.90 Å². The number of hydrogen-bond acceptors (Lipinski definition) is 2. The summed E-state index contributed by atoms with van der Waals surface area (Å²) in [6.07, 6.45) is 8.40. The van der Waals surface area contributed by atoms with Crippen LogP contribution in [0.1, 0.15) is 49.7 Å². The largest absolute Gasteiger partial charge is 0.381 e. The van der Waals surface area contributed by atoms with Gasteiger partial charge in [0.15, 0.2) is 0 Å². The number of rotatable bonds is 3. The Morgan fingerprint density at radius 1 is 1.00 bits per heavy atom. The van der Waals surface area contributed by atoms with Crippen LogP contribution < -0.4 is 5.32 Å². The Morgan fingerprint density at radius 2 is 1.80 bits per heavy atom. The van der Waals surface area contributed by atoms with Crippen molar-refractivity contribution >= 4 is 5.69 Å². The van der Waals surface area contributed by atoms with Crippen molar-refractivity contribution in [3.8, 4) is 0 Å². The van der Waals surface area contributed by atoms with Crippen LogP contribution >= 0.6 is 0 Å². The van der Waals surface area contributed by atoms with E-state index in [1.165, 1.54) is 68.4 Å². The lowest BCUT2D eigenvalue weighted by molar-refractivity contribution is 0.156. The zero-order chi connectivity index (χ0) is 13.9. The van der Waals surface area contributed by atoms with Gasteiger partial charge in [0.25, 0.3) is 0 Å². The van der Waals surface area contributed by atoms with Crippen LogP contribution in [0.25, 0.3) is 0 Å². The van der Waals surface area contributed by atoms with Gasteiger partial charge in [-0.2, -0.15) is 0 Å². The third-order valence-electron chi connectivity index (χ3n) is 5.17. The van der Waals surface area contributed by atoms with Gasteiger partial charge in [0.1, 0.15) is 0 Å². The Bertz CT molecular complexity index is 449. The molecular formula is C18H28N2. The van der Waals surface area contributed by atoms with Crippen LogP contribution in [0.5, 0.6) is 0 Å². The molecule has 3 rings (SSSR count). The molecule has 0 aromatic heterocycles. The summed E-state index contributed by atoms with van der Waals surface area (Å²) in [6, 6.07) is 8.27. The van der Waals surface area contributed by atoms with Crippen LogP contribution in [0.15, 0.2) is 18.2 Å². The highest BCUT2D eigenvalue weighted by Crippen LogP contribution is 2.27. The van der Waals surface area contributed by atoms with Gasteiger partial charge in [0.05, 0.1) is 0 Å². The van der Waals surface area contributed by atoms with Crippen molar-refractivity contribution in [1.29, 1.82) is 0 Å². The summed E-state index contributed by atoms with van der Waals surface area (Å²) in [5, 5.41) is 3.76. The molecule has 1 aliphatic carbocycles. The average molecular weight is 272 g/mol. The summed E-state index contributed by atoms with van der Waals surface area (Å²) >= 11 is 0. The van der Waals surface area contributed by atoms with Crippen LogP contribution in [-0.4, -0.2) is 30.1 Å². The second-order valence-electron chi connectivity index (χ2n) is 6.72. The van der Waals surface area contributed by atoms with Gasteiger partial charge in [-0.15, -0.1) is 0 Å². The van der Waals surface area contributed by atoms with E-state index in [1.54, 1.807) is 0 Å². The quantitative estimate of drug-likeness (QED) is 0.890. The first-order chi connectivity index (χ1) is 9.72. The smallest absolute Gasteiger partial charge is 0.0389 e. The summed E-state index contributed by atoms with van der Waals surface area (Å²) in [4.78, 5) is 2.75. The minimum absolute atomic E-state index is 0.631. The summed E-state index contributed by atoms with van der Waals surface area (Å²) < 4.78 is 0. The second-order valence-corrected chi connectivity index (χ2v) is 6.72. The molecule has 1 heterocycles. The number of nitrogens with one attached hydrogen (secondary N) is 1. The van der Waals surface area contributed by atoms with Crippen molar-refractivity contribution in [2.75, 3.05) is 18.4 Å². The first-order valence-electron chi connectivity index (χ1n) is 8.30. The molecule has 0 amide bonds. The molecule has 1 saturated carbocycles. The van der Waals surface area contributed by atoms with Crippen molar-refractivity contribution < 1.29 is 0 Å². The fourth-order valence-electron chi connectivity index (χ4n) is 3.79. The van der Waals surface area contributed by atoms with E-state index in [1.807, 2.05) is 0 Å². The van der Waals surface area contributed by atoms with E-state index in [9.17, 15) is 0 Å². The summed E-state index contributed by atoms with van der Waals surface area (Å²) in [6.45, 7) is 6.93. The van der Waals surface area contributed by atoms with Gasteiger partial charge >= 0.3 is 0 Å². The maximum absolute atomic E-state index is 3.76. The number of nitrogens with zero attached hydrogens (tertiary/aromatic N) is 1. The summed E-state index contributed by atoms with van der Waals surface area (Å²) in [7, 11) is 0. The standard InChI is InChI=1S/C18H28N2/c1-14-9-10-16(12-15(14)2)19-17-6-5-11-20(13-17)18-7-3-4-8-18/h9-10,12,17-19H,3-8,11,13H2,1-2H3/t17-/m1/s1. The number of benzene rings is 1. The van der Waals surface area contributed by atoms with Gasteiger partial charge in [0, 0.05) is 24.3 Å². The van der Waals surface area contributed by atoms with Gasteiger partial charge < -0.3 is 5.32 Å². The summed E-state index contributed by atoms with van der Waals surface area (Å²) in [5.41, 5.74) is 4.07.